The van der Waals surface area contributed by atoms with Gasteiger partial charge in [0.1, 0.15) is 5.82 Å². The van der Waals surface area contributed by atoms with Crippen molar-refractivity contribution in [1.82, 2.24) is 19.6 Å². The van der Waals surface area contributed by atoms with E-state index in [1.807, 2.05) is 30.7 Å². The molecule has 2 heterocycles. The molecule has 0 saturated heterocycles. The van der Waals surface area contributed by atoms with Crippen LogP contribution in [0.25, 0.3) is 0 Å². The maximum Gasteiger partial charge on any atom is 0.255 e. The summed E-state index contributed by atoms with van der Waals surface area (Å²) in [7, 11) is 0. The normalized spacial score (nSPS) is 11.0. The number of aryl methyl sites for hydroxylation is 1. The molecule has 0 spiro atoms. The number of nitrogens with one attached hydrogen (secondary N) is 1. The van der Waals surface area contributed by atoms with Gasteiger partial charge < -0.3 is 5.32 Å². The molecule has 0 bridgehead atoms. The van der Waals surface area contributed by atoms with Gasteiger partial charge in [-0.25, -0.2) is 4.39 Å². The Kier molecular flexibility index (Phi) is 6.30. The van der Waals surface area contributed by atoms with E-state index in [9.17, 15) is 9.18 Å². The van der Waals surface area contributed by atoms with E-state index in [0.717, 1.165) is 17.0 Å². The summed E-state index contributed by atoms with van der Waals surface area (Å²) in [6, 6.07) is 11.8. The molecule has 0 atom stereocenters. The van der Waals surface area contributed by atoms with Crippen molar-refractivity contribution >= 4 is 34.8 Å². The van der Waals surface area contributed by atoms with Crippen molar-refractivity contribution in [2.24, 2.45) is 0 Å². The van der Waals surface area contributed by atoms with Crippen LogP contribution in [0.5, 0.6) is 0 Å². The lowest BCUT2D eigenvalue weighted by Crippen LogP contribution is -2.12. The Morgan fingerprint density at radius 2 is 1.84 bits per heavy atom. The number of amides is 1. The van der Waals surface area contributed by atoms with Crippen LogP contribution in [-0.4, -0.2) is 25.5 Å². The van der Waals surface area contributed by atoms with Crippen LogP contribution in [0.3, 0.4) is 0 Å². The van der Waals surface area contributed by atoms with E-state index in [1.165, 1.54) is 16.9 Å². The Hall–Kier alpha value is -3.16. The molecule has 4 rings (SSSR count). The second-order valence-electron chi connectivity index (χ2n) is 7.42. The Morgan fingerprint density at radius 1 is 1.09 bits per heavy atom. The van der Waals surface area contributed by atoms with Gasteiger partial charge in [0.2, 0.25) is 0 Å². The summed E-state index contributed by atoms with van der Waals surface area (Å²) in [5.74, 6) is -0.671. The highest BCUT2D eigenvalue weighted by molar-refractivity contribution is 6.32. The first-order valence-electron chi connectivity index (χ1n) is 9.87. The number of anilines is 1. The van der Waals surface area contributed by atoms with Crippen molar-refractivity contribution in [2.45, 2.75) is 26.9 Å². The summed E-state index contributed by atoms with van der Waals surface area (Å²) >= 11 is 12.3. The number of benzene rings is 2. The van der Waals surface area contributed by atoms with Crippen LogP contribution in [0.2, 0.25) is 10.0 Å². The SMILES string of the molecule is Cc1nn(Cc2ccc(C(=O)Nc3cnn(Cc4c(F)cccc4Cl)c3)cc2)c(C)c1Cl. The van der Waals surface area contributed by atoms with E-state index in [1.54, 1.807) is 30.5 Å². The van der Waals surface area contributed by atoms with Crippen molar-refractivity contribution in [2.75, 3.05) is 5.32 Å². The smallest absolute Gasteiger partial charge is 0.255 e. The van der Waals surface area contributed by atoms with Gasteiger partial charge in [-0.3, -0.25) is 14.2 Å². The zero-order chi connectivity index (χ0) is 22.8. The number of hydrogen-bond acceptors (Lipinski definition) is 3. The van der Waals surface area contributed by atoms with Gasteiger partial charge in [-0.15, -0.1) is 0 Å². The Morgan fingerprint density at radius 3 is 2.50 bits per heavy atom. The minimum atomic E-state index is -0.401. The first kappa shape index (κ1) is 22.0. The minimum absolute atomic E-state index is 0.159. The van der Waals surface area contributed by atoms with Gasteiger partial charge in [0, 0.05) is 22.3 Å². The average molecular weight is 472 g/mol. The van der Waals surface area contributed by atoms with E-state index in [-0.39, 0.29) is 12.5 Å². The third kappa shape index (κ3) is 4.69. The number of aromatic nitrogens is 4. The minimum Gasteiger partial charge on any atom is -0.319 e. The highest BCUT2D eigenvalue weighted by Gasteiger charge is 2.12. The number of carbonyl (C=O) groups is 1. The zero-order valence-electron chi connectivity index (χ0n) is 17.4. The van der Waals surface area contributed by atoms with Crippen LogP contribution in [0.1, 0.15) is 32.9 Å². The number of hydrogen-bond donors (Lipinski definition) is 1. The van der Waals surface area contributed by atoms with Gasteiger partial charge in [-0.2, -0.15) is 10.2 Å². The molecule has 32 heavy (non-hydrogen) atoms. The quantitative estimate of drug-likeness (QED) is 0.404. The highest BCUT2D eigenvalue weighted by Crippen LogP contribution is 2.21. The van der Waals surface area contributed by atoms with E-state index in [0.29, 0.717) is 33.4 Å². The molecule has 0 aliphatic heterocycles. The van der Waals surface area contributed by atoms with E-state index >= 15 is 0 Å². The van der Waals surface area contributed by atoms with Crippen molar-refractivity contribution in [3.8, 4) is 0 Å². The maximum atomic E-state index is 14.0. The summed E-state index contributed by atoms with van der Waals surface area (Å²) in [6.45, 7) is 4.51. The van der Waals surface area contributed by atoms with Gasteiger partial charge in [-0.1, -0.05) is 41.4 Å². The lowest BCUT2D eigenvalue weighted by molar-refractivity contribution is 0.102. The molecular weight excluding hydrogens is 452 g/mol. The molecule has 9 heteroatoms. The van der Waals surface area contributed by atoms with E-state index < -0.39 is 5.82 Å². The third-order valence-corrected chi connectivity index (χ3v) is 6.02. The van der Waals surface area contributed by atoms with Crippen molar-refractivity contribution < 1.29 is 9.18 Å². The van der Waals surface area contributed by atoms with Crippen LogP contribution in [-0.2, 0) is 13.1 Å². The fourth-order valence-electron chi connectivity index (χ4n) is 3.33. The molecule has 2 aromatic heterocycles. The Balaban J connectivity index is 1.40. The van der Waals surface area contributed by atoms with Gasteiger partial charge in [-0.05, 0) is 43.7 Å². The molecule has 2 aromatic carbocycles. The molecule has 0 aliphatic carbocycles. The Bertz CT molecular complexity index is 1260. The molecule has 0 unspecified atom stereocenters. The largest absolute Gasteiger partial charge is 0.319 e. The molecule has 1 N–H and O–H groups in total. The fraction of sp³-hybridized carbons (Fsp3) is 0.174. The molecule has 0 fully saturated rings. The highest BCUT2D eigenvalue weighted by atomic mass is 35.5. The molecule has 1 amide bonds. The first-order chi connectivity index (χ1) is 15.3. The van der Waals surface area contributed by atoms with E-state index in [2.05, 4.69) is 15.5 Å². The predicted molar refractivity (Wildman–Crippen MR) is 123 cm³/mol. The lowest BCUT2D eigenvalue weighted by atomic mass is 10.1. The summed E-state index contributed by atoms with van der Waals surface area (Å²) in [6.07, 6.45) is 3.13. The molecule has 0 aliphatic rings. The summed E-state index contributed by atoms with van der Waals surface area (Å²) in [5, 5.41) is 12.4. The number of halogens is 3. The zero-order valence-corrected chi connectivity index (χ0v) is 19.0. The third-order valence-electron chi connectivity index (χ3n) is 5.11. The molecule has 4 aromatic rings. The van der Waals surface area contributed by atoms with Crippen LogP contribution < -0.4 is 5.32 Å². The van der Waals surface area contributed by atoms with Crippen LogP contribution in [0, 0.1) is 19.7 Å². The average Bonchev–Trinajstić information content (AvgIpc) is 3.31. The second-order valence-corrected chi connectivity index (χ2v) is 8.21. The van der Waals surface area contributed by atoms with Gasteiger partial charge in [0.15, 0.2) is 0 Å². The van der Waals surface area contributed by atoms with Gasteiger partial charge in [0.05, 0.1) is 41.4 Å². The number of carbonyl (C=O) groups excluding carboxylic acids is 1. The van der Waals surface area contributed by atoms with Crippen molar-refractivity contribution in [3.05, 3.63) is 98.8 Å². The lowest BCUT2D eigenvalue weighted by Gasteiger charge is -2.07. The summed E-state index contributed by atoms with van der Waals surface area (Å²) < 4.78 is 17.3. The topological polar surface area (TPSA) is 64.7 Å². The first-order valence-corrected chi connectivity index (χ1v) is 10.6. The van der Waals surface area contributed by atoms with E-state index in [4.69, 9.17) is 23.2 Å². The van der Waals surface area contributed by atoms with Gasteiger partial charge >= 0.3 is 0 Å². The second kappa shape index (κ2) is 9.14. The van der Waals surface area contributed by atoms with Crippen LogP contribution in [0.15, 0.2) is 54.9 Å². The molecule has 0 saturated carbocycles. The maximum absolute atomic E-state index is 14.0. The number of nitrogens with zero attached hydrogens (tertiary/aromatic N) is 4. The standard InChI is InChI=1S/C23H20Cl2FN5O/c1-14-22(25)15(2)31(29-14)11-16-6-8-17(9-7-16)23(32)28-18-10-27-30(12-18)13-19-20(24)4-3-5-21(19)26/h3-10,12H,11,13H2,1-2H3,(H,28,32). The van der Waals surface area contributed by atoms with Gasteiger partial charge in [0.25, 0.3) is 5.91 Å². The molecule has 0 radical (unpaired) electrons. The predicted octanol–water partition coefficient (Wildman–Crippen LogP) is 5.49. The summed E-state index contributed by atoms with van der Waals surface area (Å²) in [5.41, 5.74) is 4.04. The van der Waals surface area contributed by atoms with Crippen molar-refractivity contribution in [1.29, 1.82) is 0 Å². The molecular formula is C23H20Cl2FN5O. The van der Waals surface area contributed by atoms with Crippen molar-refractivity contribution in [3.63, 3.8) is 0 Å². The fourth-order valence-corrected chi connectivity index (χ4v) is 3.68. The molecule has 164 valence electrons. The summed E-state index contributed by atoms with van der Waals surface area (Å²) in [4.78, 5) is 12.6. The monoisotopic (exact) mass is 471 g/mol. The molecule has 6 nitrogen and oxygen atoms in total. The van der Waals surface area contributed by atoms with Crippen LogP contribution in [0.4, 0.5) is 10.1 Å². The number of rotatable bonds is 6. The Labute approximate surface area is 194 Å². The van der Waals surface area contributed by atoms with Crippen LogP contribution >= 0.6 is 23.2 Å².